The van der Waals surface area contributed by atoms with Crippen molar-refractivity contribution in [3.05, 3.63) is 42.0 Å². The van der Waals surface area contributed by atoms with Gasteiger partial charge in [0.25, 0.3) is 0 Å². The van der Waals surface area contributed by atoms with Gasteiger partial charge in [0.05, 0.1) is 6.10 Å². The van der Waals surface area contributed by atoms with Crippen LogP contribution >= 0.6 is 0 Å². The van der Waals surface area contributed by atoms with Crippen LogP contribution in [0.4, 0.5) is 0 Å². The minimum Gasteiger partial charge on any atom is -0.491 e. The zero-order valence-electron chi connectivity index (χ0n) is 10.3. The lowest BCUT2D eigenvalue weighted by molar-refractivity contribution is -0.117. The lowest BCUT2D eigenvalue weighted by Crippen LogP contribution is -2.21. The molecule has 1 N–H and O–H groups in total. The molecule has 4 heteroatoms. The van der Waals surface area contributed by atoms with Gasteiger partial charge in [-0.1, -0.05) is 6.58 Å². The summed E-state index contributed by atoms with van der Waals surface area (Å²) in [7, 11) is 0. The second-order valence-electron chi connectivity index (χ2n) is 4.06. The molecule has 1 rings (SSSR count). The van der Waals surface area contributed by atoms with Crippen LogP contribution in [0.3, 0.4) is 0 Å². The Kier molecular flexibility index (Phi) is 5.27. The molecule has 0 amide bonds. The molecule has 0 saturated heterocycles. The van der Waals surface area contributed by atoms with Gasteiger partial charge in [-0.25, -0.2) is 0 Å². The number of hydrogen-bond donors (Lipinski definition) is 1. The quantitative estimate of drug-likeness (QED) is 0.590. The summed E-state index contributed by atoms with van der Waals surface area (Å²) in [5.41, 5.74) is 0.977. The summed E-state index contributed by atoms with van der Waals surface area (Å²) in [5, 5.41) is 9.59. The van der Waals surface area contributed by atoms with Crippen LogP contribution in [0.1, 0.15) is 23.7 Å². The third-order valence-electron chi connectivity index (χ3n) is 2.36. The topological polar surface area (TPSA) is 63.6 Å². The largest absolute Gasteiger partial charge is 0.491 e. The lowest BCUT2D eigenvalue weighted by atomic mass is 10.1. The molecule has 0 heterocycles. The molecule has 1 atom stereocenters. The highest BCUT2D eigenvalue weighted by atomic mass is 16.5. The summed E-state index contributed by atoms with van der Waals surface area (Å²) >= 11 is 0. The number of Topliss-reactive ketones (excluding diaryl/α,β-unsaturated/α-hetero) is 1. The van der Waals surface area contributed by atoms with Crippen molar-refractivity contribution in [3.63, 3.8) is 0 Å². The van der Waals surface area contributed by atoms with Gasteiger partial charge in [0, 0.05) is 12.0 Å². The van der Waals surface area contributed by atoms with Gasteiger partial charge in [0.2, 0.25) is 0 Å². The predicted molar refractivity (Wildman–Crippen MR) is 67.8 cm³/mol. The average Bonchev–Trinajstić information content (AvgIpc) is 2.36. The number of ketones is 1. The number of carbonyl (C=O) groups is 2. The molecule has 1 unspecified atom stereocenters. The van der Waals surface area contributed by atoms with Crippen LogP contribution in [-0.2, 0) is 4.79 Å². The zero-order chi connectivity index (χ0) is 13.5. The normalized spacial score (nSPS) is 11.7. The molecule has 4 nitrogen and oxygen atoms in total. The number of benzene rings is 1. The van der Waals surface area contributed by atoms with Crippen molar-refractivity contribution in [1.29, 1.82) is 0 Å². The minimum atomic E-state index is -0.861. The van der Waals surface area contributed by atoms with E-state index in [9.17, 15) is 14.7 Å². The maximum absolute atomic E-state index is 11.3. The third kappa shape index (κ3) is 4.51. The smallest absolute Gasteiger partial charge is 0.160 e. The van der Waals surface area contributed by atoms with Crippen molar-refractivity contribution >= 4 is 12.1 Å². The van der Waals surface area contributed by atoms with E-state index in [0.717, 1.165) is 6.29 Å². The van der Waals surface area contributed by atoms with Gasteiger partial charge < -0.3 is 9.84 Å². The first-order chi connectivity index (χ1) is 8.52. The van der Waals surface area contributed by atoms with Gasteiger partial charge in [-0.05, 0) is 36.8 Å². The number of hydrogen-bond acceptors (Lipinski definition) is 4. The highest BCUT2D eigenvalue weighted by Gasteiger charge is 2.12. The molecule has 0 aliphatic carbocycles. The molecule has 96 valence electrons. The summed E-state index contributed by atoms with van der Waals surface area (Å²) in [5.74, 6) is 0.366. The van der Waals surface area contributed by atoms with Crippen molar-refractivity contribution in [3.8, 4) is 5.75 Å². The molecule has 0 spiro atoms. The SMILES string of the molecule is C=C(C)C(=O)CC(O)COc1ccc(C=O)cc1. The van der Waals surface area contributed by atoms with Gasteiger partial charge >= 0.3 is 0 Å². The Hall–Kier alpha value is -1.94. The summed E-state index contributed by atoms with van der Waals surface area (Å²) in [4.78, 5) is 21.7. The molecule has 1 aromatic rings. The Labute approximate surface area is 106 Å². The second kappa shape index (κ2) is 6.71. The van der Waals surface area contributed by atoms with Crippen LogP contribution in [0, 0.1) is 0 Å². The van der Waals surface area contributed by atoms with Gasteiger partial charge in [0.1, 0.15) is 18.6 Å². The van der Waals surface area contributed by atoms with Gasteiger partial charge in [-0.15, -0.1) is 0 Å². The van der Waals surface area contributed by atoms with Crippen molar-refractivity contribution in [2.45, 2.75) is 19.4 Å². The molecule has 0 fully saturated rings. The first kappa shape index (κ1) is 14.1. The minimum absolute atomic E-state index is 0.00174. The molecular formula is C14H16O4. The van der Waals surface area contributed by atoms with E-state index in [4.69, 9.17) is 4.74 Å². The molecule has 0 radical (unpaired) electrons. The first-order valence-electron chi connectivity index (χ1n) is 5.57. The van der Waals surface area contributed by atoms with Crippen LogP contribution in [0.25, 0.3) is 0 Å². The van der Waals surface area contributed by atoms with Crippen LogP contribution < -0.4 is 4.74 Å². The van der Waals surface area contributed by atoms with E-state index < -0.39 is 6.10 Å². The lowest BCUT2D eigenvalue weighted by Gasteiger charge is -2.11. The maximum Gasteiger partial charge on any atom is 0.160 e. The second-order valence-corrected chi connectivity index (χ2v) is 4.06. The standard InChI is InChI=1S/C14H16O4/c1-10(2)14(17)7-12(16)9-18-13-5-3-11(8-15)4-6-13/h3-6,8,12,16H,1,7,9H2,2H3. The Morgan fingerprint density at radius 1 is 1.44 bits per heavy atom. The van der Waals surface area contributed by atoms with Gasteiger partial charge in [0.15, 0.2) is 5.78 Å². The summed E-state index contributed by atoms with van der Waals surface area (Å²) in [6.45, 7) is 5.14. The molecule has 1 aromatic carbocycles. The van der Waals surface area contributed by atoms with Crippen molar-refractivity contribution in [2.24, 2.45) is 0 Å². The van der Waals surface area contributed by atoms with Crippen LogP contribution in [-0.4, -0.2) is 29.9 Å². The highest BCUT2D eigenvalue weighted by Crippen LogP contribution is 2.12. The fourth-order valence-corrected chi connectivity index (χ4v) is 1.28. The van der Waals surface area contributed by atoms with Gasteiger partial charge in [-0.2, -0.15) is 0 Å². The molecule has 0 saturated carbocycles. The first-order valence-corrected chi connectivity index (χ1v) is 5.57. The molecule has 0 aliphatic rings. The molecule has 0 aliphatic heterocycles. The van der Waals surface area contributed by atoms with E-state index in [1.54, 1.807) is 31.2 Å². The van der Waals surface area contributed by atoms with Gasteiger partial charge in [-0.3, -0.25) is 9.59 Å². The van der Waals surface area contributed by atoms with Crippen LogP contribution in [0.15, 0.2) is 36.4 Å². The van der Waals surface area contributed by atoms with Crippen molar-refractivity contribution in [2.75, 3.05) is 6.61 Å². The van der Waals surface area contributed by atoms with E-state index in [-0.39, 0.29) is 18.8 Å². The van der Waals surface area contributed by atoms with Crippen LogP contribution in [0.2, 0.25) is 0 Å². The van der Waals surface area contributed by atoms with E-state index in [1.165, 1.54) is 0 Å². The van der Waals surface area contributed by atoms with E-state index in [2.05, 4.69) is 6.58 Å². The Bertz CT molecular complexity index is 434. The zero-order valence-corrected chi connectivity index (χ0v) is 10.3. The Morgan fingerprint density at radius 2 is 2.06 bits per heavy atom. The molecular weight excluding hydrogens is 232 g/mol. The Balaban J connectivity index is 2.42. The average molecular weight is 248 g/mol. The van der Waals surface area contributed by atoms with E-state index in [0.29, 0.717) is 16.9 Å². The maximum atomic E-state index is 11.3. The van der Waals surface area contributed by atoms with Crippen LogP contribution in [0.5, 0.6) is 5.75 Å². The number of carbonyl (C=O) groups excluding carboxylic acids is 2. The number of aliphatic hydroxyl groups is 1. The predicted octanol–water partition coefficient (Wildman–Crippen LogP) is 1.77. The fourth-order valence-electron chi connectivity index (χ4n) is 1.28. The number of allylic oxidation sites excluding steroid dienone is 1. The summed E-state index contributed by atoms with van der Waals surface area (Å²) < 4.78 is 5.30. The van der Waals surface area contributed by atoms with E-state index >= 15 is 0 Å². The number of aliphatic hydroxyl groups excluding tert-OH is 1. The number of aldehydes is 1. The summed E-state index contributed by atoms with van der Waals surface area (Å²) in [6.07, 6.45) is -0.119. The molecule has 18 heavy (non-hydrogen) atoms. The third-order valence-corrected chi connectivity index (χ3v) is 2.36. The fraction of sp³-hybridized carbons (Fsp3) is 0.286. The van der Waals surface area contributed by atoms with Crippen molar-refractivity contribution < 1.29 is 19.4 Å². The van der Waals surface area contributed by atoms with Crippen molar-refractivity contribution in [1.82, 2.24) is 0 Å². The number of ether oxygens (including phenoxy) is 1. The number of rotatable bonds is 7. The Morgan fingerprint density at radius 3 is 2.56 bits per heavy atom. The molecule has 0 aromatic heterocycles. The molecule has 0 bridgehead atoms. The highest BCUT2D eigenvalue weighted by molar-refractivity contribution is 5.94. The summed E-state index contributed by atoms with van der Waals surface area (Å²) in [6, 6.07) is 6.51. The van der Waals surface area contributed by atoms with E-state index in [1.807, 2.05) is 0 Å². The monoisotopic (exact) mass is 248 g/mol.